The molecule has 0 fully saturated rings. The third kappa shape index (κ3) is 4.42. The molecule has 2 aromatic carbocycles. The summed E-state index contributed by atoms with van der Waals surface area (Å²) in [5.74, 6) is -2.71. The fraction of sp³-hybridized carbons (Fsp3) is 0.125. The standard InChI is InChI=1S/C16H15F2N3O3/c1-24-14-5-3-2-4-13(14)19-9-15(22)20-21-16(23)11-7-6-10(17)8-12(11)18/h2-8,19H,9H2,1H3,(H,20,22)(H,21,23). The smallest absolute Gasteiger partial charge is 0.272 e. The van der Waals surface area contributed by atoms with Gasteiger partial charge < -0.3 is 10.1 Å². The molecule has 0 heterocycles. The molecule has 0 aliphatic carbocycles. The molecule has 3 N–H and O–H groups in total. The lowest BCUT2D eigenvalue weighted by molar-refractivity contribution is -0.120. The number of carbonyl (C=O) groups excluding carboxylic acids is 2. The van der Waals surface area contributed by atoms with Gasteiger partial charge in [0.1, 0.15) is 17.4 Å². The summed E-state index contributed by atoms with van der Waals surface area (Å²) in [5.41, 5.74) is 4.40. The van der Waals surface area contributed by atoms with Crippen molar-refractivity contribution in [2.45, 2.75) is 0 Å². The van der Waals surface area contributed by atoms with E-state index >= 15 is 0 Å². The van der Waals surface area contributed by atoms with Gasteiger partial charge in [-0.25, -0.2) is 8.78 Å². The molecule has 24 heavy (non-hydrogen) atoms. The molecule has 6 nitrogen and oxygen atoms in total. The lowest BCUT2D eigenvalue weighted by atomic mass is 10.2. The number of benzene rings is 2. The largest absolute Gasteiger partial charge is 0.495 e. The van der Waals surface area contributed by atoms with Crippen LogP contribution in [0.25, 0.3) is 0 Å². The van der Waals surface area contributed by atoms with Crippen LogP contribution in [-0.4, -0.2) is 25.5 Å². The van der Waals surface area contributed by atoms with Crippen molar-refractivity contribution in [3.63, 3.8) is 0 Å². The number of halogens is 2. The number of hydrazine groups is 1. The summed E-state index contributed by atoms with van der Waals surface area (Å²) in [7, 11) is 1.50. The van der Waals surface area contributed by atoms with Gasteiger partial charge in [0.25, 0.3) is 11.8 Å². The number of amides is 2. The second-order valence-electron chi connectivity index (χ2n) is 4.68. The molecule has 0 spiro atoms. The van der Waals surface area contributed by atoms with Gasteiger partial charge in [-0.1, -0.05) is 12.1 Å². The molecule has 126 valence electrons. The van der Waals surface area contributed by atoms with E-state index in [1.54, 1.807) is 24.3 Å². The third-order valence-corrected chi connectivity index (χ3v) is 3.04. The maximum Gasteiger partial charge on any atom is 0.272 e. The maximum atomic E-state index is 13.4. The predicted molar refractivity (Wildman–Crippen MR) is 83.5 cm³/mol. The second-order valence-corrected chi connectivity index (χ2v) is 4.68. The fourth-order valence-electron chi connectivity index (χ4n) is 1.88. The Morgan fingerprint density at radius 3 is 2.54 bits per heavy atom. The first-order valence-corrected chi connectivity index (χ1v) is 6.92. The van der Waals surface area contributed by atoms with Gasteiger partial charge in [0.2, 0.25) is 0 Å². The van der Waals surface area contributed by atoms with Crippen molar-refractivity contribution in [2.75, 3.05) is 19.0 Å². The van der Waals surface area contributed by atoms with Gasteiger partial charge in [0, 0.05) is 6.07 Å². The molecule has 0 aliphatic rings. The van der Waals surface area contributed by atoms with Crippen molar-refractivity contribution in [1.82, 2.24) is 10.9 Å². The quantitative estimate of drug-likeness (QED) is 0.729. The van der Waals surface area contributed by atoms with Crippen molar-refractivity contribution < 1.29 is 23.1 Å². The molecule has 0 radical (unpaired) electrons. The SMILES string of the molecule is COc1ccccc1NCC(=O)NNC(=O)c1ccc(F)cc1F. The number of rotatable bonds is 5. The van der Waals surface area contributed by atoms with E-state index in [9.17, 15) is 18.4 Å². The van der Waals surface area contributed by atoms with E-state index in [4.69, 9.17) is 4.74 Å². The van der Waals surface area contributed by atoms with Crippen LogP contribution in [0.15, 0.2) is 42.5 Å². The van der Waals surface area contributed by atoms with Gasteiger partial charge in [0.05, 0.1) is 24.9 Å². The Morgan fingerprint density at radius 1 is 1.08 bits per heavy atom. The average Bonchev–Trinajstić information content (AvgIpc) is 2.58. The van der Waals surface area contributed by atoms with Crippen molar-refractivity contribution in [2.24, 2.45) is 0 Å². The van der Waals surface area contributed by atoms with E-state index in [0.29, 0.717) is 17.5 Å². The molecule has 0 unspecified atom stereocenters. The molecule has 2 aromatic rings. The van der Waals surface area contributed by atoms with Crippen LogP contribution in [0.1, 0.15) is 10.4 Å². The molecule has 0 aromatic heterocycles. The van der Waals surface area contributed by atoms with E-state index in [2.05, 4.69) is 16.2 Å². The average molecular weight is 335 g/mol. The van der Waals surface area contributed by atoms with E-state index < -0.39 is 23.4 Å². The Labute approximate surface area is 136 Å². The van der Waals surface area contributed by atoms with Gasteiger partial charge in [0.15, 0.2) is 0 Å². The van der Waals surface area contributed by atoms with Crippen LogP contribution in [0.4, 0.5) is 14.5 Å². The molecule has 0 saturated heterocycles. The molecule has 2 amide bonds. The highest BCUT2D eigenvalue weighted by atomic mass is 19.1. The Morgan fingerprint density at radius 2 is 1.83 bits per heavy atom. The summed E-state index contributed by atoms with van der Waals surface area (Å²) >= 11 is 0. The van der Waals surface area contributed by atoms with Gasteiger partial charge in [-0.05, 0) is 24.3 Å². The molecular formula is C16H15F2N3O3. The van der Waals surface area contributed by atoms with Crippen molar-refractivity contribution in [1.29, 1.82) is 0 Å². The summed E-state index contributed by atoms with van der Waals surface area (Å²) in [6.45, 7) is -0.146. The maximum absolute atomic E-state index is 13.4. The molecular weight excluding hydrogens is 320 g/mol. The number of hydrogen-bond donors (Lipinski definition) is 3. The van der Waals surface area contributed by atoms with Crippen LogP contribution in [0.5, 0.6) is 5.75 Å². The van der Waals surface area contributed by atoms with Crippen LogP contribution in [0, 0.1) is 11.6 Å². The van der Waals surface area contributed by atoms with Gasteiger partial charge in [-0.15, -0.1) is 0 Å². The van der Waals surface area contributed by atoms with E-state index in [0.717, 1.165) is 12.1 Å². The number of hydrogen-bond acceptors (Lipinski definition) is 4. The summed E-state index contributed by atoms with van der Waals surface area (Å²) < 4.78 is 31.3. The summed E-state index contributed by atoms with van der Waals surface area (Å²) in [6, 6.07) is 9.50. The number of carbonyl (C=O) groups is 2. The Balaban J connectivity index is 1.85. The van der Waals surface area contributed by atoms with Gasteiger partial charge >= 0.3 is 0 Å². The van der Waals surface area contributed by atoms with Gasteiger partial charge in [-0.3, -0.25) is 20.4 Å². The molecule has 0 atom stereocenters. The first kappa shape index (κ1) is 17.2. The zero-order valence-electron chi connectivity index (χ0n) is 12.7. The normalized spacial score (nSPS) is 9.96. The van der Waals surface area contributed by atoms with Crippen LogP contribution in [0.2, 0.25) is 0 Å². The summed E-state index contributed by atoms with van der Waals surface area (Å²) in [5, 5.41) is 2.83. The lowest BCUT2D eigenvalue weighted by Gasteiger charge is -2.11. The summed E-state index contributed by atoms with van der Waals surface area (Å²) in [4.78, 5) is 23.4. The highest BCUT2D eigenvalue weighted by Crippen LogP contribution is 2.22. The number of anilines is 1. The molecule has 0 aliphatic heterocycles. The minimum Gasteiger partial charge on any atom is -0.495 e. The second kappa shape index (κ2) is 7.91. The minimum absolute atomic E-state index is 0.146. The topological polar surface area (TPSA) is 79.5 Å². The molecule has 8 heteroatoms. The predicted octanol–water partition coefficient (Wildman–Crippen LogP) is 1.85. The van der Waals surface area contributed by atoms with Gasteiger partial charge in [-0.2, -0.15) is 0 Å². The van der Waals surface area contributed by atoms with E-state index in [1.165, 1.54) is 7.11 Å². The number of nitrogens with one attached hydrogen (secondary N) is 3. The lowest BCUT2D eigenvalue weighted by Crippen LogP contribution is -2.44. The fourth-order valence-corrected chi connectivity index (χ4v) is 1.88. The first-order valence-electron chi connectivity index (χ1n) is 6.92. The Kier molecular flexibility index (Phi) is 5.67. The summed E-state index contributed by atoms with van der Waals surface area (Å²) in [6.07, 6.45) is 0. The first-order chi connectivity index (χ1) is 11.5. The van der Waals surface area contributed by atoms with E-state index in [-0.39, 0.29) is 12.1 Å². The zero-order valence-corrected chi connectivity index (χ0v) is 12.7. The zero-order chi connectivity index (χ0) is 17.5. The van der Waals surface area contributed by atoms with Crippen LogP contribution in [0.3, 0.4) is 0 Å². The van der Waals surface area contributed by atoms with Crippen LogP contribution < -0.4 is 20.9 Å². The highest BCUT2D eigenvalue weighted by molar-refractivity contribution is 5.95. The third-order valence-electron chi connectivity index (χ3n) is 3.04. The van der Waals surface area contributed by atoms with Crippen LogP contribution in [-0.2, 0) is 4.79 Å². The number of para-hydroxylation sites is 2. The highest BCUT2D eigenvalue weighted by Gasteiger charge is 2.13. The monoisotopic (exact) mass is 335 g/mol. The van der Waals surface area contributed by atoms with E-state index in [1.807, 2.05) is 0 Å². The number of ether oxygens (including phenoxy) is 1. The molecule has 0 saturated carbocycles. The molecule has 0 bridgehead atoms. The minimum atomic E-state index is -1.02. The van der Waals surface area contributed by atoms with Crippen LogP contribution >= 0.6 is 0 Å². The van der Waals surface area contributed by atoms with Crippen molar-refractivity contribution in [3.05, 3.63) is 59.7 Å². The van der Waals surface area contributed by atoms with Crippen molar-refractivity contribution >= 4 is 17.5 Å². The Hall–Kier alpha value is -3.16. The van der Waals surface area contributed by atoms with Crippen molar-refractivity contribution in [3.8, 4) is 5.75 Å². The Bertz CT molecular complexity index is 753. The molecule has 2 rings (SSSR count). The number of methoxy groups -OCH3 is 1.